The Balaban J connectivity index is 1.74. The number of hydrogen-bond donors (Lipinski definition) is 1. The SMILES string of the molecule is Cc1nc(N)ncc1-c1nc(N2CCOCC2)nc(N2CCCN(C)CC2)n1. The maximum atomic E-state index is 5.72. The summed E-state index contributed by atoms with van der Waals surface area (Å²) < 4.78 is 5.48. The highest BCUT2D eigenvalue weighted by molar-refractivity contribution is 5.60. The van der Waals surface area contributed by atoms with Crippen molar-refractivity contribution in [3.63, 3.8) is 0 Å². The summed E-state index contributed by atoms with van der Waals surface area (Å²) in [5.41, 5.74) is 7.25. The molecule has 2 aromatic rings. The third-order valence-electron chi connectivity index (χ3n) is 5.15. The molecule has 2 N–H and O–H groups in total. The minimum absolute atomic E-state index is 0.250. The van der Waals surface area contributed by atoms with E-state index in [0.717, 1.165) is 56.9 Å². The molecular formula is C18H27N9O. The smallest absolute Gasteiger partial charge is 0.230 e. The Morgan fingerprint density at radius 3 is 2.32 bits per heavy atom. The Hall–Kier alpha value is -2.59. The molecule has 2 aliphatic heterocycles. The summed E-state index contributed by atoms with van der Waals surface area (Å²) in [7, 11) is 2.15. The highest BCUT2D eigenvalue weighted by Gasteiger charge is 2.22. The molecule has 28 heavy (non-hydrogen) atoms. The molecule has 10 nitrogen and oxygen atoms in total. The van der Waals surface area contributed by atoms with Crippen LogP contribution in [0.15, 0.2) is 6.20 Å². The maximum absolute atomic E-state index is 5.72. The number of nitrogens with zero attached hydrogens (tertiary/aromatic N) is 8. The lowest BCUT2D eigenvalue weighted by Crippen LogP contribution is -2.38. The van der Waals surface area contributed by atoms with Gasteiger partial charge in [-0.1, -0.05) is 0 Å². The first-order chi connectivity index (χ1) is 13.6. The first-order valence-corrected chi connectivity index (χ1v) is 9.72. The van der Waals surface area contributed by atoms with Crippen LogP contribution in [0.4, 0.5) is 17.8 Å². The number of hydrogen-bond acceptors (Lipinski definition) is 10. The van der Waals surface area contributed by atoms with Crippen molar-refractivity contribution < 1.29 is 4.74 Å². The van der Waals surface area contributed by atoms with Gasteiger partial charge in [0.1, 0.15) is 0 Å². The van der Waals surface area contributed by atoms with Crippen LogP contribution in [0.3, 0.4) is 0 Å². The normalized spacial score (nSPS) is 18.9. The van der Waals surface area contributed by atoms with Crippen molar-refractivity contribution in [1.82, 2.24) is 29.8 Å². The van der Waals surface area contributed by atoms with Gasteiger partial charge in [-0.2, -0.15) is 15.0 Å². The van der Waals surface area contributed by atoms with Crippen molar-refractivity contribution in [2.24, 2.45) is 0 Å². The average molecular weight is 385 g/mol. The molecule has 0 bridgehead atoms. The van der Waals surface area contributed by atoms with E-state index in [2.05, 4.69) is 31.7 Å². The van der Waals surface area contributed by atoms with Gasteiger partial charge in [-0.15, -0.1) is 0 Å². The fourth-order valence-electron chi connectivity index (χ4n) is 3.47. The predicted molar refractivity (Wildman–Crippen MR) is 107 cm³/mol. The number of nitrogen functional groups attached to an aromatic ring is 1. The number of rotatable bonds is 3. The van der Waals surface area contributed by atoms with Crippen molar-refractivity contribution in [2.75, 3.05) is 75.1 Å². The van der Waals surface area contributed by atoms with Crippen LogP contribution in [0.5, 0.6) is 0 Å². The standard InChI is InChI=1S/C18H27N9O/c1-13-14(12-20-16(19)21-13)15-22-17(26-5-3-4-25(2)6-7-26)24-18(23-15)27-8-10-28-11-9-27/h12H,3-11H2,1-2H3,(H2,19,20,21). The highest BCUT2D eigenvalue weighted by atomic mass is 16.5. The lowest BCUT2D eigenvalue weighted by atomic mass is 10.2. The summed E-state index contributed by atoms with van der Waals surface area (Å²) in [4.78, 5) is 29.5. The van der Waals surface area contributed by atoms with E-state index < -0.39 is 0 Å². The lowest BCUT2D eigenvalue weighted by Gasteiger charge is -2.28. The van der Waals surface area contributed by atoms with E-state index in [9.17, 15) is 0 Å². The van der Waals surface area contributed by atoms with Crippen molar-refractivity contribution in [1.29, 1.82) is 0 Å². The van der Waals surface area contributed by atoms with Gasteiger partial charge in [-0.05, 0) is 26.9 Å². The van der Waals surface area contributed by atoms with Gasteiger partial charge in [0.2, 0.25) is 17.8 Å². The van der Waals surface area contributed by atoms with E-state index in [1.54, 1.807) is 6.20 Å². The number of likely N-dealkylation sites (N-methyl/N-ethyl adjacent to an activating group) is 1. The second-order valence-electron chi connectivity index (χ2n) is 7.23. The van der Waals surface area contributed by atoms with Gasteiger partial charge in [-0.3, -0.25) is 0 Å². The van der Waals surface area contributed by atoms with Gasteiger partial charge in [0, 0.05) is 38.9 Å². The van der Waals surface area contributed by atoms with E-state index in [0.29, 0.717) is 30.9 Å². The molecule has 2 aromatic heterocycles. The second-order valence-corrected chi connectivity index (χ2v) is 7.23. The third-order valence-corrected chi connectivity index (χ3v) is 5.15. The van der Waals surface area contributed by atoms with Gasteiger partial charge < -0.3 is 25.2 Å². The number of morpholine rings is 1. The Labute approximate surface area is 164 Å². The number of aryl methyl sites for hydroxylation is 1. The fraction of sp³-hybridized carbons (Fsp3) is 0.611. The summed E-state index contributed by atoms with van der Waals surface area (Å²) in [6.45, 7) is 8.66. The van der Waals surface area contributed by atoms with Crippen LogP contribution in [0.2, 0.25) is 0 Å². The Bertz CT molecular complexity index is 825. The van der Waals surface area contributed by atoms with Crippen molar-refractivity contribution >= 4 is 17.8 Å². The maximum Gasteiger partial charge on any atom is 0.230 e. The quantitative estimate of drug-likeness (QED) is 0.786. The molecule has 2 aliphatic rings. The molecule has 4 heterocycles. The van der Waals surface area contributed by atoms with E-state index in [1.165, 1.54) is 0 Å². The lowest BCUT2D eigenvalue weighted by molar-refractivity contribution is 0.122. The molecule has 0 amide bonds. The van der Waals surface area contributed by atoms with E-state index in [1.807, 2.05) is 6.92 Å². The van der Waals surface area contributed by atoms with Crippen LogP contribution in [-0.4, -0.2) is 89.3 Å². The zero-order valence-corrected chi connectivity index (χ0v) is 16.5. The first kappa shape index (κ1) is 18.8. The van der Waals surface area contributed by atoms with Gasteiger partial charge in [-0.25, -0.2) is 9.97 Å². The third kappa shape index (κ3) is 4.12. The van der Waals surface area contributed by atoms with Crippen LogP contribution in [-0.2, 0) is 4.74 Å². The van der Waals surface area contributed by atoms with E-state index in [4.69, 9.17) is 25.4 Å². The Kier molecular flexibility index (Phi) is 5.49. The monoisotopic (exact) mass is 385 g/mol. The van der Waals surface area contributed by atoms with Gasteiger partial charge >= 0.3 is 0 Å². The van der Waals surface area contributed by atoms with Crippen molar-refractivity contribution in [2.45, 2.75) is 13.3 Å². The second kappa shape index (κ2) is 8.19. The first-order valence-electron chi connectivity index (χ1n) is 9.72. The van der Waals surface area contributed by atoms with E-state index >= 15 is 0 Å². The summed E-state index contributed by atoms with van der Waals surface area (Å²) in [6, 6.07) is 0. The molecule has 2 fully saturated rings. The molecule has 2 saturated heterocycles. The number of nitrogens with two attached hydrogens (primary N) is 1. The topological polar surface area (TPSA) is 109 Å². The largest absolute Gasteiger partial charge is 0.378 e. The number of anilines is 3. The molecule has 10 heteroatoms. The van der Waals surface area contributed by atoms with Crippen LogP contribution < -0.4 is 15.5 Å². The Morgan fingerprint density at radius 1 is 0.893 bits per heavy atom. The van der Waals surface area contributed by atoms with Crippen LogP contribution in [0.25, 0.3) is 11.4 Å². The molecule has 4 rings (SSSR count). The Morgan fingerprint density at radius 2 is 1.61 bits per heavy atom. The van der Waals surface area contributed by atoms with Crippen molar-refractivity contribution in [3.8, 4) is 11.4 Å². The fourth-order valence-corrected chi connectivity index (χ4v) is 3.47. The molecule has 0 aliphatic carbocycles. The minimum Gasteiger partial charge on any atom is -0.378 e. The van der Waals surface area contributed by atoms with Gasteiger partial charge in [0.05, 0.1) is 24.5 Å². The van der Waals surface area contributed by atoms with E-state index in [-0.39, 0.29) is 5.95 Å². The molecule has 0 aromatic carbocycles. The molecular weight excluding hydrogens is 358 g/mol. The molecule has 0 spiro atoms. The van der Waals surface area contributed by atoms with Gasteiger partial charge in [0.15, 0.2) is 5.82 Å². The predicted octanol–water partition coefficient (Wildman–Crippen LogP) is 0.198. The zero-order chi connectivity index (χ0) is 19.5. The molecule has 0 atom stereocenters. The molecule has 0 unspecified atom stereocenters. The number of aromatic nitrogens is 5. The summed E-state index contributed by atoms with van der Waals surface area (Å²) >= 11 is 0. The molecule has 0 saturated carbocycles. The van der Waals surface area contributed by atoms with Crippen LogP contribution in [0, 0.1) is 6.92 Å². The average Bonchev–Trinajstić information content (AvgIpc) is 2.93. The molecule has 150 valence electrons. The van der Waals surface area contributed by atoms with Crippen LogP contribution in [0.1, 0.15) is 12.1 Å². The summed E-state index contributed by atoms with van der Waals surface area (Å²) in [5.74, 6) is 2.22. The summed E-state index contributed by atoms with van der Waals surface area (Å²) in [5, 5.41) is 0. The minimum atomic E-state index is 0.250. The zero-order valence-electron chi connectivity index (χ0n) is 16.5. The van der Waals surface area contributed by atoms with Gasteiger partial charge in [0.25, 0.3) is 0 Å². The summed E-state index contributed by atoms with van der Waals surface area (Å²) in [6.07, 6.45) is 2.77. The highest BCUT2D eigenvalue weighted by Crippen LogP contribution is 2.24. The number of ether oxygens (including phenoxy) is 1. The van der Waals surface area contributed by atoms with Crippen LogP contribution >= 0.6 is 0 Å². The van der Waals surface area contributed by atoms with Crippen molar-refractivity contribution in [3.05, 3.63) is 11.9 Å². The molecule has 0 radical (unpaired) electrons.